The Kier molecular flexibility index (Phi) is 3.51. The van der Waals surface area contributed by atoms with E-state index in [4.69, 9.17) is 0 Å². The molecule has 86 valence electrons. The van der Waals surface area contributed by atoms with Gasteiger partial charge >= 0.3 is 0 Å². The van der Waals surface area contributed by atoms with E-state index in [1.165, 1.54) is 6.26 Å². The maximum atomic E-state index is 11.1. The monoisotopic (exact) mass is 231 g/mol. The first-order valence-electron chi connectivity index (χ1n) is 4.75. The highest BCUT2D eigenvalue weighted by Crippen LogP contribution is 2.12. The summed E-state index contributed by atoms with van der Waals surface area (Å²) in [6.07, 6.45) is 6.03. The molecule has 1 aromatic heterocycles. The summed E-state index contributed by atoms with van der Waals surface area (Å²) in [6, 6.07) is 0. The van der Waals surface area contributed by atoms with Crippen LogP contribution in [0.3, 0.4) is 0 Å². The number of aryl methyl sites for hydroxylation is 1. The molecule has 0 aliphatic carbocycles. The summed E-state index contributed by atoms with van der Waals surface area (Å²) < 4.78 is 24.7. The molecule has 1 rings (SSSR count). The number of nitrogens with one attached hydrogen (secondary N) is 2. The lowest BCUT2D eigenvalue weighted by atomic mass is 9.99. The first-order valence-corrected chi connectivity index (χ1v) is 6.64. The van der Waals surface area contributed by atoms with Gasteiger partial charge in [-0.05, 0) is 26.7 Å². The van der Waals surface area contributed by atoms with Crippen molar-refractivity contribution in [3.05, 3.63) is 18.2 Å². The summed E-state index contributed by atoms with van der Waals surface area (Å²) in [5.41, 5.74) is 0.581. The van der Waals surface area contributed by atoms with Crippen molar-refractivity contribution in [1.29, 1.82) is 0 Å². The van der Waals surface area contributed by atoms with Crippen molar-refractivity contribution in [2.75, 3.05) is 6.26 Å². The second-order valence-electron chi connectivity index (χ2n) is 4.33. The molecule has 5 nitrogen and oxygen atoms in total. The van der Waals surface area contributed by atoms with E-state index >= 15 is 0 Å². The zero-order chi connectivity index (χ0) is 11.5. The van der Waals surface area contributed by atoms with E-state index in [0.29, 0.717) is 0 Å². The smallest absolute Gasteiger partial charge is 0.209 e. The minimum atomic E-state index is -3.15. The van der Waals surface area contributed by atoms with Gasteiger partial charge in [0, 0.05) is 17.4 Å². The molecule has 0 spiro atoms. The molecule has 0 aromatic carbocycles. The Morgan fingerprint density at radius 2 is 2.20 bits per heavy atom. The zero-order valence-corrected chi connectivity index (χ0v) is 10.1. The molecule has 0 bridgehead atoms. The first kappa shape index (κ1) is 12.2. The second-order valence-corrected chi connectivity index (χ2v) is 6.08. The molecule has 15 heavy (non-hydrogen) atoms. The molecule has 0 unspecified atom stereocenters. The normalized spacial score (nSPS) is 13.0. The number of rotatable bonds is 5. The van der Waals surface area contributed by atoms with Gasteiger partial charge in [-0.1, -0.05) is 0 Å². The average molecular weight is 231 g/mol. The van der Waals surface area contributed by atoms with Crippen LogP contribution in [0.25, 0.3) is 0 Å². The Morgan fingerprint density at radius 1 is 1.53 bits per heavy atom. The SMILES string of the molecule is CC(C)(CCc1cnc[nH]1)NS(C)(=O)=O. The molecule has 2 N–H and O–H groups in total. The number of H-pyrrole nitrogens is 1. The second kappa shape index (κ2) is 4.32. The largest absolute Gasteiger partial charge is 0.348 e. The minimum Gasteiger partial charge on any atom is -0.348 e. The van der Waals surface area contributed by atoms with Crippen LogP contribution < -0.4 is 4.72 Å². The summed E-state index contributed by atoms with van der Waals surface area (Å²) in [4.78, 5) is 6.89. The van der Waals surface area contributed by atoms with Gasteiger partial charge in [-0.3, -0.25) is 0 Å². The fraction of sp³-hybridized carbons (Fsp3) is 0.667. The first-order chi connectivity index (χ1) is 6.79. The summed E-state index contributed by atoms with van der Waals surface area (Å²) in [5, 5.41) is 0. The van der Waals surface area contributed by atoms with E-state index in [2.05, 4.69) is 14.7 Å². The molecule has 0 amide bonds. The van der Waals surface area contributed by atoms with Crippen LogP contribution in [0.15, 0.2) is 12.5 Å². The van der Waals surface area contributed by atoms with Crippen LogP contribution in [0.2, 0.25) is 0 Å². The minimum absolute atomic E-state index is 0.432. The number of sulfonamides is 1. The van der Waals surface area contributed by atoms with Crippen molar-refractivity contribution in [3.63, 3.8) is 0 Å². The summed E-state index contributed by atoms with van der Waals surface area (Å²) in [6.45, 7) is 3.73. The molecule has 0 aliphatic rings. The lowest BCUT2D eigenvalue weighted by Gasteiger charge is -2.24. The maximum Gasteiger partial charge on any atom is 0.209 e. The highest BCUT2D eigenvalue weighted by molar-refractivity contribution is 7.88. The van der Waals surface area contributed by atoms with Gasteiger partial charge < -0.3 is 4.98 Å². The highest BCUT2D eigenvalue weighted by atomic mass is 32.2. The molecule has 1 aromatic rings. The van der Waals surface area contributed by atoms with E-state index in [1.807, 2.05) is 13.8 Å². The molecular weight excluding hydrogens is 214 g/mol. The molecule has 0 fully saturated rings. The molecule has 0 radical (unpaired) electrons. The van der Waals surface area contributed by atoms with Crippen molar-refractivity contribution < 1.29 is 8.42 Å². The Labute approximate surface area is 90.4 Å². The number of hydrogen-bond acceptors (Lipinski definition) is 3. The summed E-state index contributed by atoms with van der Waals surface area (Å²) >= 11 is 0. The zero-order valence-electron chi connectivity index (χ0n) is 9.24. The number of aromatic amines is 1. The van der Waals surface area contributed by atoms with E-state index in [0.717, 1.165) is 18.5 Å². The van der Waals surface area contributed by atoms with Gasteiger partial charge in [-0.2, -0.15) is 0 Å². The highest BCUT2D eigenvalue weighted by Gasteiger charge is 2.21. The van der Waals surface area contributed by atoms with E-state index < -0.39 is 15.6 Å². The molecular formula is C9H17N3O2S. The molecule has 6 heteroatoms. The van der Waals surface area contributed by atoms with Crippen LogP contribution in [-0.4, -0.2) is 30.2 Å². The third-order valence-corrected chi connectivity index (χ3v) is 2.96. The number of aromatic nitrogens is 2. The maximum absolute atomic E-state index is 11.1. The number of nitrogens with zero attached hydrogens (tertiary/aromatic N) is 1. The number of hydrogen-bond donors (Lipinski definition) is 2. The average Bonchev–Trinajstić information content (AvgIpc) is 2.47. The van der Waals surface area contributed by atoms with E-state index in [1.54, 1.807) is 12.5 Å². The third kappa shape index (κ3) is 4.94. The third-order valence-electron chi connectivity index (χ3n) is 2.04. The van der Waals surface area contributed by atoms with Gasteiger partial charge in [0.25, 0.3) is 0 Å². The summed E-state index contributed by atoms with van der Waals surface area (Å²) in [5.74, 6) is 0. The van der Waals surface area contributed by atoms with Crippen LogP contribution in [0.5, 0.6) is 0 Å². The Hall–Kier alpha value is -0.880. The van der Waals surface area contributed by atoms with Gasteiger partial charge in [-0.25, -0.2) is 18.1 Å². The van der Waals surface area contributed by atoms with Crippen molar-refractivity contribution in [2.24, 2.45) is 0 Å². The van der Waals surface area contributed by atoms with Crippen LogP contribution in [0.1, 0.15) is 26.0 Å². The fourth-order valence-electron chi connectivity index (χ4n) is 1.42. The van der Waals surface area contributed by atoms with E-state index in [9.17, 15) is 8.42 Å². The quantitative estimate of drug-likeness (QED) is 0.782. The predicted octanol–water partition coefficient (Wildman–Crippen LogP) is 0.670. The Bertz CT molecular complexity index is 395. The predicted molar refractivity (Wildman–Crippen MR) is 59.0 cm³/mol. The van der Waals surface area contributed by atoms with Gasteiger partial charge in [0.05, 0.1) is 12.6 Å². The van der Waals surface area contributed by atoms with Crippen molar-refractivity contribution in [1.82, 2.24) is 14.7 Å². The molecule has 0 saturated heterocycles. The fourth-order valence-corrected chi connectivity index (χ4v) is 2.53. The van der Waals surface area contributed by atoms with Gasteiger partial charge in [0.2, 0.25) is 10.0 Å². The topological polar surface area (TPSA) is 74.8 Å². The molecule has 0 atom stereocenters. The number of imidazole rings is 1. The summed E-state index contributed by atoms with van der Waals surface area (Å²) in [7, 11) is -3.15. The molecule has 0 saturated carbocycles. The van der Waals surface area contributed by atoms with Crippen molar-refractivity contribution in [2.45, 2.75) is 32.2 Å². The van der Waals surface area contributed by atoms with Gasteiger partial charge in [0.15, 0.2) is 0 Å². The van der Waals surface area contributed by atoms with E-state index in [-0.39, 0.29) is 0 Å². The van der Waals surface area contributed by atoms with Crippen LogP contribution >= 0.6 is 0 Å². The Morgan fingerprint density at radius 3 is 2.67 bits per heavy atom. The standard InChI is InChI=1S/C9H17N3O2S/c1-9(2,12-15(3,13)14)5-4-8-6-10-7-11-8/h6-7,12H,4-5H2,1-3H3,(H,10,11). The Balaban J connectivity index is 2.50. The van der Waals surface area contributed by atoms with Crippen LogP contribution in [0.4, 0.5) is 0 Å². The lowest BCUT2D eigenvalue weighted by molar-refractivity contribution is 0.422. The van der Waals surface area contributed by atoms with Gasteiger partial charge in [-0.15, -0.1) is 0 Å². The van der Waals surface area contributed by atoms with Crippen molar-refractivity contribution in [3.8, 4) is 0 Å². The van der Waals surface area contributed by atoms with Gasteiger partial charge in [0.1, 0.15) is 0 Å². The molecule has 0 aliphatic heterocycles. The molecule has 1 heterocycles. The lowest BCUT2D eigenvalue weighted by Crippen LogP contribution is -2.43. The van der Waals surface area contributed by atoms with Crippen LogP contribution in [0, 0.1) is 0 Å². The van der Waals surface area contributed by atoms with Crippen molar-refractivity contribution >= 4 is 10.0 Å². The van der Waals surface area contributed by atoms with Crippen LogP contribution in [-0.2, 0) is 16.4 Å².